The van der Waals surface area contributed by atoms with Gasteiger partial charge >= 0.3 is 0 Å². The van der Waals surface area contributed by atoms with E-state index >= 15 is 0 Å². The van der Waals surface area contributed by atoms with Crippen molar-refractivity contribution in [3.63, 3.8) is 0 Å². The largest absolute Gasteiger partial charge is 0.341 e. The van der Waals surface area contributed by atoms with Gasteiger partial charge in [-0.15, -0.1) is 12.4 Å². The Morgan fingerprint density at radius 2 is 1.24 bits per heavy atom. The molecule has 1 aromatic carbocycles. The molecule has 0 spiro atoms. The Hall–Kier alpha value is -2.15. The normalized spacial score (nSPS) is 16.8. The van der Waals surface area contributed by atoms with Crippen molar-refractivity contribution >= 4 is 35.9 Å². The molecule has 1 N–H and O–H groups in total. The molecule has 0 bridgehead atoms. The molecule has 6 nitrogen and oxygen atoms in total. The average Bonchev–Trinajstić information content (AvgIpc) is 3.30. The average molecular weight is 365 g/mol. The summed E-state index contributed by atoms with van der Waals surface area (Å²) in [5, 5.41) is 3.18. The van der Waals surface area contributed by atoms with Gasteiger partial charge in [-0.05, 0) is 49.9 Å². The van der Waals surface area contributed by atoms with Gasteiger partial charge in [-0.3, -0.25) is 0 Å². The van der Waals surface area contributed by atoms with E-state index in [0.29, 0.717) is 5.95 Å². The van der Waals surface area contributed by atoms with E-state index in [0.717, 1.165) is 43.8 Å². The summed E-state index contributed by atoms with van der Waals surface area (Å²) < 4.78 is 13.1. The van der Waals surface area contributed by atoms with Crippen LogP contribution in [0.15, 0.2) is 24.3 Å². The maximum atomic E-state index is 13.1. The van der Waals surface area contributed by atoms with E-state index in [1.807, 2.05) is 0 Å². The molecular weight excluding hydrogens is 343 g/mol. The monoisotopic (exact) mass is 364 g/mol. The van der Waals surface area contributed by atoms with Gasteiger partial charge in [-0.25, -0.2) is 4.39 Å². The number of halogens is 2. The molecule has 0 unspecified atom stereocenters. The van der Waals surface area contributed by atoms with E-state index in [1.54, 1.807) is 12.1 Å². The van der Waals surface area contributed by atoms with Crippen LogP contribution in [0.1, 0.15) is 25.7 Å². The predicted molar refractivity (Wildman–Crippen MR) is 99.7 cm³/mol. The first-order valence-corrected chi connectivity index (χ1v) is 8.56. The SMILES string of the molecule is Cl.Fc1ccc(Nc2nc(N3CCCC3)nc(N3CCCC3)n2)cc1. The van der Waals surface area contributed by atoms with Gasteiger partial charge < -0.3 is 15.1 Å². The molecule has 134 valence electrons. The summed E-state index contributed by atoms with van der Waals surface area (Å²) in [6, 6.07) is 6.22. The second kappa shape index (κ2) is 7.82. The van der Waals surface area contributed by atoms with Gasteiger partial charge in [-0.1, -0.05) is 0 Å². The molecule has 0 radical (unpaired) electrons. The summed E-state index contributed by atoms with van der Waals surface area (Å²) in [5.74, 6) is 1.72. The van der Waals surface area contributed by atoms with Crippen LogP contribution in [0.5, 0.6) is 0 Å². The molecule has 0 amide bonds. The Bertz CT molecular complexity index is 665. The Balaban J connectivity index is 0.00000182. The lowest BCUT2D eigenvalue weighted by atomic mass is 10.3. The van der Waals surface area contributed by atoms with Crippen molar-refractivity contribution in [2.75, 3.05) is 41.3 Å². The highest BCUT2D eigenvalue weighted by atomic mass is 35.5. The number of benzene rings is 1. The number of hydrogen-bond acceptors (Lipinski definition) is 6. The summed E-state index contributed by atoms with van der Waals surface area (Å²) >= 11 is 0. The maximum Gasteiger partial charge on any atom is 0.233 e. The van der Waals surface area contributed by atoms with Crippen LogP contribution in [-0.4, -0.2) is 41.1 Å². The molecule has 4 rings (SSSR count). The molecule has 0 aliphatic carbocycles. The number of hydrogen-bond donors (Lipinski definition) is 1. The van der Waals surface area contributed by atoms with Gasteiger partial charge in [0.25, 0.3) is 0 Å². The van der Waals surface area contributed by atoms with Gasteiger partial charge in [0.2, 0.25) is 17.8 Å². The summed E-state index contributed by atoms with van der Waals surface area (Å²) in [4.78, 5) is 18.2. The van der Waals surface area contributed by atoms with Crippen LogP contribution >= 0.6 is 12.4 Å². The smallest absolute Gasteiger partial charge is 0.233 e. The van der Waals surface area contributed by atoms with E-state index in [2.05, 4.69) is 30.1 Å². The molecule has 2 saturated heterocycles. The standard InChI is InChI=1S/C17H21FN6.ClH/c18-13-5-7-14(8-6-13)19-15-20-16(23-9-1-2-10-23)22-17(21-15)24-11-3-4-12-24;/h5-8H,1-4,9-12H2,(H,19,20,21,22);1H. The molecule has 2 aliphatic rings. The van der Waals surface area contributed by atoms with E-state index in [4.69, 9.17) is 0 Å². The quantitative estimate of drug-likeness (QED) is 0.897. The predicted octanol–water partition coefficient (Wildman–Crippen LogP) is 3.38. The maximum absolute atomic E-state index is 13.1. The summed E-state index contributed by atoms with van der Waals surface area (Å²) in [6.45, 7) is 3.94. The van der Waals surface area contributed by atoms with Crippen LogP contribution in [0, 0.1) is 5.82 Å². The lowest BCUT2D eigenvalue weighted by Crippen LogP contribution is -2.25. The zero-order valence-corrected chi connectivity index (χ0v) is 14.8. The van der Waals surface area contributed by atoms with Gasteiger partial charge in [0.15, 0.2) is 0 Å². The zero-order valence-electron chi connectivity index (χ0n) is 14.0. The topological polar surface area (TPSA) is 57.2 Å². The molecule has 2 aliphatic heterocycles. The molecule has 0 saturated carbocycles. The lowest BCUT2D eigenvalue weighted by molar-refractivity contribution is 0.628. The first-order chi connectivity index (χ1) is 11.8. The first-order valence-electron chi connectivity index (χ1n) is 8.56. The van der Waals surface area contributed by atoms with Crippen molar-refractivity contribution in [3.8, 4) is 0 Å². The van der Waals surface area contributed by atoms with Crippen molar-refractivity contribution in [2.24, 2.45) is 0 Å². The van der Waals surface area contributed by atoms with E-state index in [1.165, 1.54) is 37.8 Å². The summed E-state index contributed by atoms with van der Waals surface area (Å²) in [5.41, 5.74) is 0.766. The van der Waals surface area contributed by atoms with Crippen molar-refractivity contribution < 1.29 is 4.39 Å². The second-order valence-corrected chi connectivity index (χ2v) is 6.28. The Labute approximate surface area is 152 Å². The summed E-state index contributed by atoms with van der Waals surface area (Å²) in [7, 11) is 0. The van der Waals surface area contributed by atoms with Gasteiger partial charge in [0.05, 0.1) is 0 Å². The number of anilines is 4. The number of nitrogens with one attached hydrogen (secondary N) is 1. The van der Waals surface area contributed by atoms with E-state index in [-0.39, 0.29) is 18.2 Å². The van der Waals surface area contributed by atoms with Crippen molar-refractivity contribution in [2.45, 2.75) is 25.7 Å². The molecule has 2 fully saturated rings. The Kier molecular flexibility index (Phi) is 5.53. The number of aromatic nitrogens is 3. The fraction of sp³-hybridized carbons (Fsp3) is 0.471. The molecule has 25 heavy (non-hydrogen) atoms. The van der Waals surface area contributed by atoms with Crippen molar-refractivity contribution in [1.29, 1.82) is 0 Å². The molecule has 1 aromatic heterocycles. The minimum atomic E-state index is -0.258. The van der Waals surface area contributed by atoms with Crippen LogP contribution in [0.3, 0.4) is 0 Å². The highest BCUT2D eigenvalue weighted by molar-refractivity contribution is 5.85. The molecule has 8 heteroatoms. The van der Waals surface area contributed by atoms with Crippen LogP contribution in [0.2, 0.25) is 0 Å². The van der Waals surface area contributed by atoms with Crippen LogP contribution in [-0.2, 0) is 0 Å². The minimum absolute atomic E-state index is 0. The lowest BCUT2D eigenvalue weighted by Gasteiger charge is -2.20. The Morgan fingerprint density at radius 1 is 0.760 bits per heavy atom. The highest BCUT2D eigenvalue weighted by Gasteiger charge is 2.21. The molecule has 0 atom stereocenters. The zero-order chi connectivity index (χ0) is 16.4. The van der Waals surface area contributed by atoms with Gasteiger partial charge in [-0.2, -0.15) is 15.0 Å². The van der Waals surface area contributed by atoms with E-state index in [9.17, 15) is 4.39 Å². The minimum Gasteiger partial charge on any atom is -0.341 e. The van der Waals surface area contributed by atoms with Crippen molar-refractivity contribution in [3.05, 3.63) is 30.1 Å². The van der Waals surface area contributed by atoms with Crippen LogP contribution < -0.4 is 15.1 Å². The van der Waals surface area contributed by atoms with Crippen LogP contribution in [0.4, 0.5) is 27.9 Å². The second-order valence-electron chi connectivity index (χ2n) is 6.28. The Morgan fingerprint density at radius 3 is 1.72 bits per heavy atom. The van der Waals surface area contributed by atoms with Crippen LogP contribution in [0.25, 0.3) is 0 Å². The fourth-order valence-electron chi connectivity index (χ4n) is 3.19. The molecular formula is C17H22ClFN6. The van der Waals surface area contributed by atoms with Gasteiger partial charge in [0, 0.05) is 31.9 Å². The number of rotatable bonds is 4. The fourth-order valence-corrected chi connectivity index (χ4v) is 3.19. The molecule has 2 aromatic rings. The molecule has 3 heterocycles. The third-order valence-corrected chi connectivity index (χ3v) is 4.49. The first kappa shape index (κ1) is 17.7. The van der Waals surface area contributed by atoms with Gasteiger partial charge in [0.1, 0.15) is 5.82 Å². The van der Waals surface area contributed by atoms with E-state index < -0.39 is 0 Å². The highest BCUT2D eigenvalue weighted by Crippen LogP contribution is 2.24. The third kappa shape index (κ3) is 4.10. The third-order valence-electron chi connectivity index (χ3n) is 4.49. The number of nitrogens with zero attached hydrogens (tertiary/aromatic N) is 5. The van der Waals surface area contributed by atoms with Crippen molar-refractivity contribution in [1.82, 2.24) is 15.0 Å². The summed E-state index contributed by atoms with van der Waals surface area (Å²) in [6.07, 6.45) is 4.69.